The third kappa shape index (κ3) is 2.30. The molecule has 0 N–H and O–H groups in total. The third-order valence-corrected chi connectivity index (χ3v) is 4.73. The number of hydrogen-bond donors (Lipinski definition) is 0. The SMILES string of the molecule is O=C(c1ccc(C2CCC2)cc1)c1ccc2c(c1)COC2. The summed E-state index contributed by atoms with van der Waals surface area (Å²) in [6.07, 6.45) is 3.92. The highest BCUT2D eigenvalue weighted by Crippen LogP contribution is 2.36. The summed E-state index contributed by atoms with van der Waals surface area (Å²) >= 11 is 0. The fourth-order valence-electron chi connectivity index (χ4n) is 3.13. The molecule has 2 aromatic rings. The quantitative estimate of drug-likeness (QED) is 0.786. The van der Waals surface area contributed by atoms with E-state index in [4.69, 9.17) is 4.74 Å². The van der Waals surface area contributed by atoms with Crippen molar-refractivity contribution in [3.8, 4) is 0 Å². The normalized spacial score (nSPS) is 17.3. The van der Waals surface area contributed by atoms with Crippen LogP contribution in [0, 0.1) is 0 Å². The van der Waals surface area contributed by atoms with Gasteiger partial charge in [0.25, 0.3) is 0 Å². The lowest BCUT2D eigenvalue weighted by molar-refractivity contribution is 0.103. The molecule has 0 amide bonds. The highest BCUT2D eigenvalue weighted by atomic mass is 16.5. The van der Waals surface area contributed by atoms with Crippen molar-refractivity contribution in [3.63, 3.8) is 0 Å². The largest absolute Gasteiger partial charge is 0.372 e. The van der Waals surface area contributed by atoms with Crippen LogP contribution in [0.1, 0.15) is 57.8 Å². The molecule has 21 heavy (non-hydrogen) atoms. The molecule has 0 atom stereocenters. The Balaban J connectivity index is 1.59. The first-order chi connectivity index (χ1) is 10.3. The zero-order valence-corrected chi connectivity index (χ0v) is 12.0. The van der Waals surface area contributed by atoms with Crippen LogP contribution in [0.3, 0.4) is 0 Å². The number of fused-ring (bicyclic) bond motifs is 1. The average molecular weight is 278 g/mol. The van der Waals surface area contributed by atoms with E-state index in [0.717, 1.165) is 16.7 Å². The van der Waals surface area contributed by atoms with Crippen LogP contribution in [0.2, 0.25) is 0 Å². The summed E-state index contributed by atoms with van der Waals surface area (Å²) in [5, 5.41) is 0. The third-order valence-electron chi connectivity index (χ3n) is 4.73. The van der Waals surface area contributed by atoms with Crippen LogP contribution in [0.15, 0.2) is 42.5 Å². The highest BCUT2D eigenvalue weighted by Gasteiger charge is 2.20. The lowest BCUT2D eigenvalue weighted by Crippen LogP contribution is -2.09. The summed E-state index contributed by atoms with van der Waals surface area (Å²) in [5.74, 6) is 0.816. The molecule has 0 bridgehead atoms. The summed E-state index contributed by atoms with van der Waals surface area (Å²) < 4.78 is 5.40. The highest BCUT2D eigenvalue weighted by molar-refractivity contribution is 6.09. The van der Waals surface area contributed by atoms with E-state index in [-0.39, 0.29) is 5.78 Å². The van der Waals surface area contributed by atoms with Crippen molar-refractivity contribution < 1.29 is 9.53 Å². The van der Waals surface area contributed by atoms with Crippen molar-refractivity contribution in [1.29, 1.82) is 0 Å². The molecule has 1 fully saturated rings. The first kappa shape index (κ1) is 12.8. The molecule has 0 spiro atoms. The smallest absolute Gasteiger partial charge is 0.193 e. The second kappa shape index (κ2) is 5.12. The Kier molecular flexibility index (Phi) is 3.12. The Morgan fingerprint density at radius 1 is 0.905 bits per heavy atom. The summed E-state index contributed by atoms with van der Waals surface area (Å²) in [7, 11) is 0. The lowest BCUT2D eigenvalue weighted by atomic mass is 9.80. The molecule has 0 saturated heterocycles. The van der Waals surface area contributed by atoms with E-state index in [1.165, 1.54) is 30.4 Å². The minimum Gasteiger partial charge on any atom is -0.372 e. The molecule has 1 aliphatic heterocycles. The maximum atomic E-state index is 12.6. The number of rotatable bonds is 3. The zero-order chi connectivity index (χ0) is 14.2. The van der Waals surface area contributed by atoms with Crippen LogP contribution in [-0.4, -0.2) is 5.78 Å². The number of ketones is 1. The van der Waals surface area contributed by atoms with Crippen molar-refractivity contribution in [3.05, 3.63) is 70.3 Å². The van der Waals surface area contributed by atoms with Gasteiger partial charge in [-0.15, -0.1) is 0 Å². The Morgan fingerprint density at radius 2 is 1.62 bits per heavy atom. The van der Waals surface area contributed by atoms with Crippen LogP contribution in [0.4, 0.5) is 0 Å². The van der Waals surface area contributed by atoms with Crippen LogP contribution >= 0.6 is 0 Å². The van der Waals surface area contributed by atoms with Gasteiger partial charge in [-0.25, -0.2) is 0 Å². The maximum Gasteiger partial charge on any atom is 0.193 e. The number of benzene rings is 2. The van der Waals surface area contributed by atoms with Gasteiger partial charge in [0, 0.05) is 11.1 Å². The predicted molar refractivity (Wildman–Crippen MR) is 81.4 cm³/mol. The second-order valence-electron chi connectivity index (χ2n) is 6.06. The molecule has 1 heterocycles. The van der Waals surface area contributed by atoms with Gasteiger partial charge in [0.1, 0.15) is 0 Å². The Bertz CT molecular complexity index is 681. The Hall–Kier alpha value is -1.93. The van der Waals surface area contributed by atoms with Crippen LogP contribution in [0.5, 0.6) is 0 Å². The van der Waals surface area contributed by atoms with Gasteiger partial charge >= 0.3 is 0 Å². The van der Waals surface area contributed by atoms with Crippen molar-refractivity contribution in [1.82, 2.24) is 0 Å². The van der Waals surface area contributed by atoms with Crippen molar-refractivity contribution >= 4 is 5.78 Å². The predicted octanol–water partition coefficient (Wildman–Crippen LogP) is 4.22. The molecule has 1 saturated carbocycles. The Labute approximate surface area is 124 Å². The lowest BCUT2D eigenvalue weighted by Gasteiger charge is -2.25. The van der Waals surface area contributed by atoms with Crippen molar-refractivity contribution in [2.75, 3.05) is 0 Å². The van der Waals surface area contributed by atoms with Gasteiger partial charge in [-0.05, 0) is 41.5 Å². The summed E-state index contributed by atoms with van der Waals surface area (Å²) in [6, 6.07) is 14.1. The van der Waals surface area contributed by atoms with Gasteiger partial charge < -0.3 is 4.74 Å². The van der Waals surface area contributed by atoms with Gasteiger partial charge in [-0.3, -0.25) is 4.79 Å². The summed E-state index contributed by atoms with van der Waals surface area (Å²) in [6.45, 7) is 1.29. The molecule has 4 rings (SSSR count). The zero-order valence-electron chi connectivity index (χ0n) is 12.0. The molecule has 2 nitrogen and oxygen atoms in total. The number of carbonyl (C=O) groups excluding carboxylic acids is 1. The molecule has 0 aromatic heterocycles. The fraction of sp³-hybridized carbons (Fsp3) is 0.316. The Morgan fingerprint density at radius 3 is 2.33 bits per heavy atom. The van der Waals surface area contributed by atoms with Crippen LogP contribution in [0.25, 0.3) is 0 Å². The molecule has 2 heteroatoms. The second-order valence-corrected chi connectivity index (χ2v) is 6.06. The van der Waals surface area contributed by atoms with E-state index in [1.54, 1.807) is 0 Å². The van der Waals surface area contributed by atoms with Gasteiger partial charge in [0.2, 0.25) is 0 Å². The maximum absolute atomic E-state index is 12.6. The van der Waals surface area contributed by atoms with Crippen LogP contribution < -0.4 is 0 Å². The van der Waals surface area contributed by atoms with E-state index >= 15 is 0 Å². The fourth-order valence-corrected chi connectivity index (χ4v) is 3.13. The van der Waals surface area contributed by atoms with E-state index in [0.29, 0.717) is 19.1 Å². The molecule has 2 aliphatic rings. The van der Waals surface area contributed by atoms with Gasteiger partial charge in [-0.2, -0.15) is 0 Å². The minimum absolute atomic E-state index is 0.102. The van der Waals surface area contributed by atoms with E-state index < -0.39 is 0 Å². The van der Waals surface area contributed by atoms with Crippen LogP contribution in [-0.2, 0) is 18.0 Å². The molecule has 1 aliphatic carbocycles. The standard InChI is InChI=1S/C19H18O2/c20-19(16-8-9-17-11-21-12-18(17)10-16)15-6-4-14(5-7-15)13-2-1-3-13/h4-10,13H,1-3,11-12H2. The first-order valence-corrected chi connectivity index (χ1v) is 7.65. The topological polar surface area (TPSA) is 26.3 Å². The molecular formula is C19H18O2. The van der Waals surface area contributed by atoms with Gasteiger partial charge in [0.15, 0.2) is 5.78 Å². The molecule has 0 unspecified atom stereocenters. The van der Waals surface area contributed by atoms with E-state index in [2.05, 4.69) is 12.1 Å². The summed E-state index contributed by atoms with van der Waals surface area (Å²) in [4.78, 5) is 12.6. The van der Waals surface area contributed by atoms with E-state index in [1.807, 2.05) is 30.3 Å². The van der Waals surface area contributed by atoms with Crippen molar-refractivity contribution in [2.24, 2.45) is 0 Å². The molecule has 2 aromatic carbocycles. The average Bonchev–Trinajstić information content (AvgIpc) is 2.93. The number of ether oxygens (including phenoxy) is 1. The minimum atomic E-state index is 0.102. The first-order valence-electron chi connectivity index (χ1n) is 7.65. The monoisotopic (exact) mass is 278 g/mol. The molecule has 0 radical (unpaired) electrons. The number of hydrogen-bond acceptors (Lipinski definition) is 2. The van der Waals surface area contributed by atoms with Gasteiger partial charge in [-0.1, -0.05) is 42.8 Å². The van der Waals surface area contributed by atoms with E-state index in [9.17, 15) is 4.79 Å². The molecule has 106 valence electrons. The summed E-state index contributed by atoms with van der Waals surface area (Å²) in [5.41, 5.74) is 5.26. The van der Waals surface area contributed by atoms with Crippen molar-refractivity contribution in [2.45, 2.75) is 38.4 Å². The molecular weight excluding hydrogens is 260 g/mol. The van der Waals surface area contributed by atoms with Gasteiger partial charge in [0.05, 0.1) is 13.2 Å². The number of carbonyl (C=O) groups is 1.